The summed E-state index contributed by atoms with van der Waals surface area (Å²) in [5.74, 6) is 0.784. The maximum Gasteiger partial charge on any atom is 0.345 e. The molecule has 1 aliphatic rings. The Hall–Kier alpha value is -2.20. The smallest absolute Gasteiger partial charge is 0.345 e. The van der Waals surface area contributed by atoms with Gasteiger partial charge in [0.05, 0.1) is 0 Å². The first-order valence-corrected chi connectivity index (χ1v) is 9.75. The number of fused-ring (bicyclic) bond motifs is 1. The average molecular weight is 366 g/mol. The fraction of sp³-hybridized carbons (Fsp3) is 0.533. The van der Waals surface area contributed by atoms with Crippen LogP contribution in [-0.2, 0) is 29.5 Å². The van der Waals surface area contributed by atoms with Crippen LogP contribution in [0.3, 0.4) is 0 Å². The van der Waals surface area contributed by atoms with E-state index in [-0.39, 0.29) is 22.9 Å². The van der Waals surface area contributed by atoms with Crippen molar-refractivity contribution in [2.45, 2.75) is 50.6 Å². The van der Waals surface area contributed by atoms with E-state index in [1.54, 1.807) is 11.5 Å². The fourth-order valence-corrected chi connectivity index (χ4v) is 4.11. The van der Waals surface area contributed by atoms with E-state index in [0.29, 0.717) is 25.1 Å². The Kier molecular flexibility index (Phi) is 4.91. The molecule has 3 heterocycles. The predicted molar refractivity (Wildman–Crippen MR) is 92.6 cm³/mol. The van der Waals surface area contributed by atoms with Crippen LogP contribution in [0, 0.1) is 6.92 Å². The van der Waals surface area contributed by atoms with Gasteiger partial charge in [-0.05, 0) is 37.8 Å². The second-order valence-electron chi connectivity index (χ2n) is 6.18. The number of nitrogens with one attached hydrogen (secondary N) is 1. The number of hydrogen-bond donors (Lipinski definition) is 2. The quantitative estimate of drug-likeness (QED) is 0.695. The lowest BCUT2D eigenvalue weighted by Crippen LogP contribution is -2.29. The van der Waals surface area contributed by atoms with Crippen molar-refractivity contribution in [1.82, 2.24) is 24.1 Å². The first-order valence-electron chi connectivity index (χ1n) is 8.27. The van der Waals surface area contributed by atoms with Crippen LogP contribution in [0.1, 0.15) is 30.7 Å². The van der Waals surface area contributed by atoms with Crippen LogP contribution < -0.4 is 16.1 Å². The lowest BCUT2D eigenvalue weighted by Gasteiger charge is -2.09. The number of anilines is 1. The maximum absolute atomic E-state index is 12.3. The lowest BCUT2D eigenvalue weighted by atomic mass is 10.2. The molecule has 1 aliphatic heterocycles. The maximum atomic E-state index is 12.3. The van der Waals surface area contributed by atoms with Gasteiger partial charge in [-0.2, -0.15) is 5.10 Å². The van der Waals surface area contributed by atoms with E-state index in [2.05, 4.69) is 14.8 Å². The Morgan fingerprint density at radius 1 is 1.36 bits per heavy atom. The minimum Gasteiger partial charge on any atom is -0.383 e. The number of rotatable bonds is 6. The summed E-state index contributed by atoms with van der Waals surface area (Å²) in [6, 6.07) is 1.48. The minimum atomic E-state index is -3.73. The Morgan fingerprint density at radius 3 is 2.92 bits per heavy atom. The summed E-state index contributed by atoms with van der Waals surface area (Å²) in [5.41, 5.74) is 6.25. The molecule has 10 heteroatoms. The van der Waals surface area contributed by atoms with Gasteiger partial charge >= 0.3 is 5.69 Å². The number of nitrogens with two attached hydrogens (primary N) is 1. The molecule has 25 heavy (non-hydrogen) atoms. The van der Waals surface area contributed by atoms with Crippen molar-refractivity contribution < 1.29 is 8.42 Å². The lowest BCUT2D eigenvalue weighted by molar-refractivity contribution is 0.508. The zero-order chi connectivity index (χ0) is 18.0. The number of sulfonamides is 1. The summed E-state index contributed by atoms with van der Waals surface area (Å²) >= 11 is 0. The molecule has 0 fully saturated rings. The third kappa shape index (κ3) is 3.74. The minimum absolute atomic E-state index is 0.0258. The molecule has 136 valence electrons. The van der Waals surface area contributed by atoms with Crippen molar-refractivity contribution in [3.8, 4) is 0 Å². The molecule has 2 aromatic rings. The molecule has 0 saturated carbocycles. The van der Waals surface area contributed by atoms with Gasteiger partial charge < -0.3 is 5.73 Å². The van der Waals surface area contributed by atoms with Gasteiger partial charge in [-0.15, -0.1) is 0 Å². The van der Waals surface area contributed by atoms with Crippen LogP contribution in [0.5, 0.6) is 0 Å². The molecule has 2 aromatic heterocycles. The van der Waals surface area contributed by atoms with Gasteiger partial charge in [-0.1, -0.05) is 0 Å². The van der Waals surface area contributed by atoms with E-state index in [4.69, 9.17) is 5.73 Å². The third-order valence-electron chi connectivity index (χ3n) is 4.18. The molecule has 0 saturated heterocycles. The highest BCUT2D eigenvalue weighted by atomic mass is 32.2. The summed E-state index contributed by atoms with van der Waals surface area (Å²) in [6.07, 6.45) is 4.82. The number of nitrogen functional groups attached to an aromatic ring is 1. The summed E-state index contributed by atoms with van der Waals surface area (Å²) < 4.78 is 30.3. The molecule has 0 amide bonds. The van der Waals surface area contributed by atoms with Crippen LogP contribution in [0.15, 0.2) is 22.0 Å². The van der Waals surface area contributed by atoms with Crippen LogP contribution in [0.4, 0.5) is 5.82 Å². The van der Waals surface area contributed by atoms with E-state index in [0.717, 1.165) is 25.1 Å². The first-order chi connectivity index (χ1) is 11.9. The van der Waals surface area contributed by atoms with Crippen LogP contribution in [-0.4, -0.2) is 34.3 Å². The molecule has 0 spiro atoms. The van der Waals surface area contributed by atoms with Crippen molar-refractivity contribution in [2.75, 3.05) is 12.3 Å². The van der Waals surface area contributed by atoms with Crippen LogP contribution in [0.25, 0.3) is 0 Å². The molecule has 0 unspecified atom stereocenters. The van der Waals surface area contributed by atoms with Crippen molar-refractivity contribution in [2.24, 2.45) is 0 Å². The van der Waals surface area contributed by atoms with Crippen LogP contribution >= 0.6 is 0 Å². The Bertz CT molecular complexity index is 931. The topological polar surface area (TPSA) is 125 Å². The summed E-state index contributed by atoms with van der Waals surface area (Å²) in [7, 11) is -3.73. The average Bonchev–Trinajstić information content (AvgIpc) is 2.90. The van der Waals surface area contributed by atoms with Gasteiger partial charge in [0.25, 0.3) is 0 Å². The van der Waals surface area contributed by atoms with Crippen molar-refractivity contribution in [1.29, 1.82) is 0 Å². The molecular weight excluding hydrogens is 344 g/mol. The number of aromatic nitrogens is 4. The normalized spacial score (nSPS) is 14.4. The SMILES string of the molecule is Cc1cnc(N)c(S(=O)(=O)NCCCn2nc3n(c2=O)CCCC3)c1. The van der Waals surface area contributed by atoms with E-state index in [1.165, 1.54) is 16.9 Å². The Balaban J connectivity index is 1.61. The highest BCUT2D eigenvalue weighted by Gasteiger charge is 2.19. The molecule has 3 N–H and O–H groups in total. The fourth-order valence-electron chi connectivity index (χ4n) is 2.88. The number of nitrogens with zero attached hydrogens (tertiary/aromatic N) is 4. The Morgan fingerprint density at radius 2 is 2.16 bits per heavy atom. The van der Waals surface area contributed by atoms with Crippen molar-refractivity contribution in [3.05, 3.63) is 34.1 Å². The van der Waals surface area contributed by atoms with Gasteiger partial charge in [-0.25, -0.2) is 27.6 Å². The molecule has 0 atom stereocenters. The third-order valence-corrected chi connectivity index (χ3v) is 5.67. The molecule has 0 radical (unpaired) electrons. The molecule has 9 nitrogen and oxygen atoms in total. The predicted octanol–water partition coefficient (Wildman–Crippen LogP) is 0.0353. The second kappa shape index (κ2) is 6.96. The number of aryl methyl sites for hydroxylation is 3. The van der Waals surface area contributed by atoms with Gasteiger partial charge in [0, 0.05) is 32.3 Å². The highest BCUT2D eigenvalue weighted by molar-refractivity contribution is 7.89. The van der Waals surface area contributed by atoms with E-state index >= 15 is 0 Å². The van der Waals surface area contributed by atoms with Crippen LogP contribution in [0.2, 0.25) is 0 Å². The zero-order valence-electron chi connectivity index (χ0n) is 14.1. The Labute approximate surface area is 145 Å². The molecule has 0 aliphatic carbocycles. The van der Waals surface area contributed by atoms with E-state index in [9.17, 15) is 13.2 Å². The van der Waals surface area contributed by atoms with Crippen molar-refractivity contribution >= 4 is 15.8 Å². The largest absolute Gasteiger partial charge is 0.383 e. The zero-order valence-corrected chi connectivity index (χ0v) is 14.9. The van der Waals surface area contributed by atoms with Crippen molar-refractivity contribution in [3.63, 3.8) is 0 Å². The number of hydrogen-bond acceptors (Lipinski definition) is 6. The molecule has 0 bridgehead atoms. The monoisotopic (exact) mass is 366 g/mol. The molecule has 0 aromatic carbocycles. The van der Waals surface area contributed by atoms with Gasteiger partial charge in [0.15, 0.2) is 0 Å². The summed E-state index contributed by atoms with van der Waals surface area (Å²) in [4.78, 5) is 16.1. The van der Waals surface area contributed by atoms with Gasteiger partial charge in [0.1, 0.15) is 16.5 Å². The molecular formula is C15H22N6O3S. The standard InChI is InChI=1S/C15H22N6O3S/c1-11-9-12(14(16)17-10-11)25(23,24)18-6-4-8-21-15(22)20-7-3-2-5-13(20)19-21/h9-10,18H,2-8H2,1H3,(H2,16,17). The second-order valence-corrected chi connectivity index (χ2v) is 7.91. The molecule has 3 rings (SSSR count). The summed E-state index contributed by atoms with van der Waals surface area (Å²) in [6.45, 7) is 3.01. The van der Waals surface area contributed by atoms with Gasteiger partial charge in [0.2, 0.25) is 10.0 Å². The number of pyridine rings is 1. The first kappa shape index (κ1) is 17.6. The summed E-state index contributed by atoms with van der Waals surface area (Å²) in [5, 5.41) is 4.33. The van der Waals surface area contributed by atoms with E-state index < -0.39 is 10.0 Å². The van der Waals surface area contributed by atoms with E-state index in [1.807, 2.05) is 0 Å². The van der Waals surface area contributed by atoms with Gasteiger partial charge in [-0.3, -0.25) is 4.57 Å². The highest BCUT2D eigenvalue weighted by Crippen LogP contribution is 2.16.